The fourth-order valence-electron chi connectivity index (χ4n) is 4.92. The molecule has 0 saturated heterocycles. The van der Waals surface area contributed by atoms with E-state index in [0.29, 0.717) is 35.7 Å². The Kier molecular flexibility index (Phi) is 8.67. The van der Waals surface area contributed by atoms with Gasteiger partial charge in [0.05, 0.1) is 0 Å². The fourth-order valence-corrected chi connectivity index (χ4v) is 4.92. The van der Waals surface area contributed by atoms with Crippen LogP contribution < -0.4 is 0 Å². The maximum absolute atomic E-state index is 14.6. The summed E-state index contributed by atoms with van der Waals surface area (Å²) in [6, 6.07) is 5.88. The first kappa shape index (κ1) is 26.9. The number of hydrogen-bond donors (Lipinski definition) is 0. The van der Waals surface area contributed by atoms with E-state index in [0.717, 1.165) is 50.3 Å². The van der Waals surface area contributed by atoms with Gasteiger partial charge in [-0.15, -0.1) is 0 Å². The lowest BCUT2D eigenvalue weighted by Crippen LogP contribution is -2.15. The van der Waals surface area contributed by atoms with Crippen molar-refractivity contribution in [3.63, 3.8) is 0 Å². The molecule has 0 atom stereocenters. The molecule has 4 rings (SSSR count). The van der Waals surface area contributed by atoms with Crippen molar-refractivity contribution in [3.8, 4) is 11.1 Å². The van der Waals surface area contributed by atoms with Gasteiger partial charge in [0.25, 0.3) is 0 Å². The topological polar surface area (TPSA) is 25.8 Å². The number of allylic oxidation sites excluding steroid dienone is 1. The van der Waals surface area contributed by atoms with Crippen LogP contribution in [0.3, 0.4) is 0 Å². The molecular weight excluding hydrogens is 490 g/mol. The summed E-state index contributed by atoms with van der Waals surface area (Å²) in [6.45, 7) is 1.73. The molecule has 2 aromatic carbocycles. The molecule has 1 aromatic heterocycles. The zero-order valence-corrected chi connectivity index (χ0v) is 20.5. The Morgan fingerprint density at radius 3 is 2.11 bits per heavy atom. The molecule has 1 aliphatic rings. The lowest BCUT2D eigenvalue weighted by molar-refractivity contribution is 0.307. The van der Waals surface area contributed by atoms with Crippen LogP contribution in [0.25, 0.3) is 17.0 Å². The van der Waals surface area contributed by atoms with Gasteiger partial charge in [-0.05, 0) is 74.1 Å². The third-order valence-corrected chi connectivity index (χ3v) is 7.05. The van der Waals surface area contributed by atoms with Gasteiger partial charge < -0.3 is 0 Å². The maximum atomic E-state index is 14.6. The molecule has 1 fully saturated rings. The van der Waals surface area contributed by atoms with E-state index in [1.54, 1.807) is 6.92 Å². The quantitative estimate of drug-likeness (QED) is 0.220. The van der Waals surface area contributed by atoms with E-state index in [1.165, 1.54) is 24.5 Å². The first-order chi connectivity index (χ1) is 17.8. The second-order valence-electron chi connectivity index (χ2n) is 9.61. The van der Waals surface area contributed by atoms with Crippen molar-refractivity contribution in [2.45, 2.75) is 64.2 Å². The summed E-state index contributed by atoms with van der Waals surface area (Å²) in [5.41, 5.74) is 0.990. The van der Waals surface area contributed by atoms with Crippen molar-refractivity contribution in [2.24, 2.45) is 5.92 Å². The molecule has 3 aromatic rings. The standard InChI is InChI=1S/C29H28F6N2/c1-2-3-23(30)28(34)19-9-10-22(24(31)12-19)21-15-36-27(37-16-21)11-6-17-4-7-18(8-5-17)20-13-25(32)29(35)26(33)14-20/h9-10,12-18H,2-8,11H2,1H3/b28-23+. The molecule has 1 aliphatic carbocycles. The Morgan fingerprint density at radius 2 is 1.51 bits per heavy atom. The van der Waals surface area contributed by atoms with E-state index in [9.17, 15) is 26.3 Å². The van der Waals surface area contributed by atoms with Gasteiger partial charge in [-0.25, -0.2) is 36.3 Å². The van der Waals surface area contributed by atoms with Gasteiger partial charge in [0, 0.05) is 41.9 Å². The van der Waals surface area contributed by atoms with E-state index in [2.05, 4.69) is 9.97 Å². The summed E-state index contributed by atoms with van der Waals surface area (Å²) < 4.78 is 82.9. The normalized spacial score (nSPS) is 18.6. The van der Waals surface area contributed by atoms with Crippen molar-refractivity contribution >= 4 is 5.83 Å². The Balaban J connectivity index is 1.32. The number of hydrogen-bond acceptors (Lipinski definition) is 2. The molecule has 0 bridgehead atoms. The number of aryl methyl sites for hydroxylation is 1. The molecule has 0 aliphatic heterocycles. The molecule has 0 amide bonds. The minimum Gasteiger partial charge on any atom is -0.241 e. The predicted octanol–water partition coefficient (Wildman–Crippen LogP) is 9.01. The maximum Gasteiger partial charge on any atom is 0.194 e. The van der Waals surface area contributed by atoms with E-state index in [1.807, 2.05) is 0 Å². The third kappa shape index (κ3) is 6.40. The van der Waals surface area contributed by atoms with E-state index in [4.69, 9.17) is 0 Å². The van der Waals surface area contributed by atoms with Crippen LogP contribution in [-0.2, 0) is 6.42 Å². The smallest absolute Gasteiger partial charge is 0.194 e. The van der Waals surface area contributed by atoms with Crippen molar-refractivity contribution in [1.29, 1.82) is 0 Å². The lowest BCUT2D eigenvalue weighted by Gasteiger charge is -2.28. The number of rotatable bonds is 8. The molecule has 0 radical (unpaired) electrons. The van der Waals surface area contributed by atoms with Crippen LogP contribution in [0.15, 0.2) is 48.6 Å². The number of aromatic nitrogens is 2. The van der Waals surface area contributed by atoms with E-state index < -0.39 is 34.9 Å². The minimum absolute atomic E-state index is 0.00442. The SMILES string of the molecule is CCC/C(F)=C(\F)c1ccc(-c2cnc(CCC3CCC(c4cc(F)c(F)c(F)c4)CC3)nc2)c(F)c1. The summed E-state index contributed by atoms with van der Waals surface area (Å²) in [6.07, 6.45) is 8.20. The second kappa shape index (κ2) is 11.9. The fraction of sp³-hybridized carbons (Fsp3) is 0.379. The largest absolute Gasteiger partial charge is 0.241 e. The van der Waals surface area contributed by atoms with Crippen LogP contribution in [0.5, 0.6) is 0 Å². The first-order valence-electron chi connectivity index (χ1n) is 12.6. The molecule has 0 N–H and O–H groups in total. The van der Waals surface area contributed by atoms with E-state index in [-0.39, 0.29) is 23.5 Å². The summed E-state index contributed by atoms with van der Waals surface area (Å²) in [5, 5.41) is 0. The molecule has 2 nitrogen and oxygen atoms in total. The van der Waals surface area contributed by atoms with E-state index >= 15 is 0 Å². The van der Waals surface area contributed by atoms with Gasteiger partial charge >= 0.3 is 0 Å². The summed E-state index contributed by atoms with van der Waals surface area (Å²) >= 11 is 0. The highest BCUT2D eigenvalue weighted by Gasteiger charge is 2.24. The average Bonchev–Trinajstić information content (AvgIpc) is 2.90. The Bertz CT molecular complexity index is 1240. The Hall–Kier alpha value is -3.16. The van der Waals surface area contributed by atoms with Crippen LogP contribution in [-0.4, -0.2) is 9.97 Å². The first-order valence-corrected chi connectivity index (χ1v) is 12.6. The number of nitrogens with zero attached hydrogens (tertiary/aromatic N) is 2. The van der Waals surface area contributed by atoms with Crippen LogP contribution in [0, 0.1) is 29.2 Å². The molecular formula is C29H28F6N2. The highest BCUT2D eigenvalue weighted by molar-refractivity contribution is 5.68. The Morgan fingerprint density at radius 1 is 0.865 bits per heavy atom. The molecule has 1 saturated carbocycles. The van der Waals surface area contributed by atoms with Crippen LogP contribution in [0.4, 0.5) is 26.3 Å². The molecule has 8 heteroatoms. The van der Waals surface area contributed by atoms with Gasteiger partial charge in [-0.3, -0.25) is 0 Å². The predicted molar refractivity (Wildman–Crippen MR) is 131 cm³/mol. The number of halogens is 6. The monoisotopic (exact) mass is 518 g/mol. The molecule has 37 heavy (non-hydrogen) atoms. The van der Waals surface area contributed by atoms with Gasteiger partial charge in [-0.1, -0.05) is 19.1 Å². The average molecular weight is 519 g/mol. The van der Waals surface area contributed by atoms with Gasteiger partial charge in [-0.2, -0.15) is 0 Å². The number of benzene rings is 2. The second-order valence-corrected chi connectivity index (χ2v) is 9.61. The highest BCUT2D eigenvalue weighted by atomic mass is 19.2. The zero-order valence-electron chi connectivity index (χ0n) is 20.5. The minimum atomic E-state index is -1.44. The lowest BCUT2D eigenvalue weighted by atomic mass is 9.77. The van der Waals surface area contributed by atoms with Crippen molar-refractivity contribution < 1.29 is 26.3 Å². The molecule has 0 spiro atoms. The summed E-state index contributed by atoms with van der Waals surface area (Å²) in [7, 11) is 0. The van der Waals surface area contributed by atoms with Crippen LogP contribution in [0.2, 0.25) is 0 Å². The van der Waals surface area contributed by atoms with Gasteiger partial charge in [0.2, 0.25) is 0 Å². The van der Waals surface area contributed by atoms with Crippen LogP contribution >= 0.6 is 0 Å². The van der Waals surface area contributed by atoms with Gasteiger partial charge in [0.1, 0.15) is 17.5 Å². The Labute approximate surface area is 212 Å². The zero-order chi connectivity index (χ0) is 26.5. The summed E-state index contributed by atoms with van der Waals surface area (Å²) in [5.74, 6) is -5.35. The summed E-state index contributed by atoms with van der Waals surface area (Å²) in [4.78, 5) is 8.68. The van der Waals surface area contributed by atoms with Crippen molar-refractivity contribution in [1.82, 2.24) is 9.97 Å². The molecule has 0 unspecified atom stereocenters. The molecule has 1 heterocycles. The van der Waals surface area contributed by atoms with Crippen LogP contribution in [0.1, 0.15) is 74.7 Å². The third-order valence-electron chi connectivity index (χ3n) is 7.05. The van der Waals surface area contributed by atoms with Crippen molar-refractivity contribution in [2.75, 3.05) is 0 Å². The molecule has 196 valence electrons. The van der Waals surface area contributed by atoms with Gasteiger partial charge in [0.15, 0.2) is 23.3 Å². The van der Waals surface area contributed by atoms with Crippen molar-refractivity contribution in [3.05, 3.63) is 88.8 Å². The highest BCUT2D eigenvalue weighted by Crippen LogP contribution is 2.38.